The van der Waals surface area contributed by atoms with Crippen molar-refractivity contribution >= 4 is 34.9 Å². The van der Waals surface area contributed by atoms with Gasteiger partial charge < -0.3 is 20.4 Å². The van der Waals surface area contributed by atoms with Gasteiger partial charge in [0.2, 0.25) is 5.91 Å². The first kappa shape index (κ1) is 24.0. The van der Waals surface area contributed by atoms with Gasteiger partial charge in [0.15, 0.2) is 11.7 Å². The van der Waals surface area contributed by atoms with Crippen molar-refractivity contribution in [1.29, 1.82) is 0 Å². The summed E-state index contributed by atoms with van der Waals surface area (Å²) in [5.74, 6) is 0.942. The van der Waals surface area contributed by atoms with Gasteiger partial charge in [0.25, 0.3) is 0 Å². The number of nitrogens with one attached hydrogen (secondary N) is 3. The molecular weight excluding hydrogens is 464 g/mol. The molecule has 7 nitrogen and oxygen atoms in total. The van der Waals surface area contributed by atoms with E-state index in [-0.39, 0.29) is 24.4 Å². The van der Waals surface area contributed by atoms with E-state index < -0.39 is 0 Å². The first-order chi connectivity index (χ1) is 17.0. The second kappa shape index (κ2) is 11.4. The predicted octanol–water partition coefficient (Wildman–Crippen LogP) is 6.45. The van der Waals surface area contributed by atoms with Gasteiger partial charge in [0, 0.05) is 29.8 Å². The molecule has 8 heteroatoms. The number of carbonyl (C=O) groups excluding carboxylic acids is 2. The maximum atomic E-state index is 12.5. The molecule has 0 aliphatic rings. The fourth-order valence-corrected chi connectivity index (χ4v) is 3.73. The van der Waals surface area contributed by atoms with E-state index in [0.717, 1.165) is 11.1 Å². The Morgan fingerprint density at radius 1 is 0.914 bits per heavy atom. The summed E-state index contributed by atoms with van der Waals surface area (Å²) in [6, 6.07) is 23.4. The number of aromatic nitrogens is 1. The molecule has 0 saturated carbocycles. The van der Waals surface area contributed by atoms with Crippen molar-refractivity contribution in [3.8, 4) is 11.3 Å². The number of anilines is 2. The Kier molecular flexibility index (Phi) is 7.80. The third kappa shape index (κ3) is 6.71. The molecule has 3 N–H and O–H groups in total. The van der Waals surface area contributed by atoms with Gasteiger partial charge in [-0.3, -0.25) is 4.79 Å². The van der Waals surface area contributed by atoms with Gasteiger partial charge in [-0.1, -0.05) is 54.1 Å². The minimum absolute atomic E-state index is 0.112. The SMILES string of the molecule is CC(NC(=O)CCc1ncc(-c2ccccc2Cl)o1)c1ccc(NC(=O)Nc2ccccc2)cc1. The first-order valence-electron chi connectivity index (χ1n) is 11.2. The smallest absolute Gasteiger partial charge is 0.323 e. The summed E-state index contributed by atoms with van der Waals surface area (Å²) < 4.78 is 5.76. The van der Waals surface area contributed by atoms with Crippen molar-refractivity contribution in [3.05, 3.63) is 102 Å². The number of oxazole rings is 1. The highest BCUT2D eigenvalue weighted by Gasteiger charge is 2.13. The van der Waals surface area contributed by atoms with Gasteiger partial charge in [-0.05, 0) is 48.9 Å². The number of halogens is 1. The van der Waals surface area contributed by atoms with E-state index in [4.69, 9.17) is 16.0 Å². The lowest BCUT2D eigenvalue weighted by Gasteiger charge is -2.15. The largest absolute Gasteiger partial charge is 0.441 e. The highest BCUT2D eigenvalue weighted by atomic mass is 35.5. The number of nitrogens with zero attached hydrogens (tertiary/aromatic N) is 1. The van der Waals surface area contributed by atoms with E-state index >= 15 is 0 Å². The minimum Gasteiger partial charge on any atom is -0.441 e. The summed E-state index contributed by atoms with van der Waals surface area (Å²) in [5.41, 5.74) is 3.05. The van der Waals surface area contributed by atoms with E-state index in [1.807, 2.05) is 67.6 Å². The molecule has 4 rings (SSSR count). The van der Waals surface area contributed by atoms with Crippen molar-refractivity contribution in [3.63, 3.8) is 0 Å². The topological polar surface area (TPSA) is 96.3 Å². The van der Waals surface area contributed by atoms with Crippen molar-refractivity contribution < 1.29 is 14.0 Å². The molecule has 3 aromatic carbocycles. The Balaban J connectivity index is 1.25. The molecule has 0 fully saturated rings. The maximum Gasteiger partial charge on any atom is 0.323 e. The molecule has 0 radical (unpaired) electrons. The van der Waals surface area contributed by atoms with Crippen LogP contribution in [0, 0.1) is 0 Å². The normalized spacial score (nSPS) is 11.5. The Morgan fingerprint density at radius 2 is 1.57 bits per heavy atom. The molecule has 0 aliphatic carbocycles. The number of amides is 3. The average Bonchev–Trinajstić information content (AvgIpc) is 3.33. The molecular formula is C27H25ClN4O3. The van der Waals surface area contributed by atoms with Gasteiger partial charge >= 0.3 is 6.03 Å². The van der Waals surface area contributed by atoms with Crippen LogP contribution in [0.3, 0.4) is 0 Å². The second-order valence-corrected chi connectivity index (χ2v) is 8.36. The molecule has 4 aromatic rings. The quantitative estimate of drug-likeness (QED) is 0.265. The molecule has 0 aliphatic heterocycles. The number of para-hydroxylation sites is 1. The average molecular weight is 489 g/mol. The lowest BCUT2D eigenvalue weighted by atomic mass is 10.1. The van der Waals surface area contributed by atoms with E-state index in [0.29, 0.717) is 34.5 Å². The van der Waals surface area contributed by atoms with Crippen LogP contribution in [-0.2, 0) is 11.2 Å². The van der Waals surface area contributed by atoms with Crippen LogP contribution < -0.4 is 16.0 Å². The lowest BCUT2D eigenvalue weighted by Crippen LogP contribution is -2.26. The van der Waals surface area contributed by atoms with Gasteiger partial charge in [0.1, 0.15) is 0 Å². The van der Waals surface area contributed by atoms with Crippen LogP contribution in [0.5, 0.6) is 0 Å². The van der Waals surface area contributed by atoms with Crippen molar-refractivity contribution in [2.45, 2.75) is 25.8 Å². The summed E-state index contributed by atoms with van der Waals surface area (Å²) in [6.07, 6.45) is 2.24. The highest BCUT2D eigenvalue weighted by molar-refractivity contribution is 6.33. The van der Waals surface area contributed by atoms with Crippen molar-refractivity contribution in [2.24, 2.45) is 0 Å². The molecule has 0 spiro atoms. The van der Waals surface area contributed by atoms with E-state index in [1.165, 1.54) is 0 Å². The lowest BCUT2D eigenvalue weighted by molar-refractivity contribution is -0.121. The van der Waals surface area contributed by atoms with Gasteiger partial charge in [-0.25, -0.2) is 9.78 Å². The number of hydrogen-bond donors (Lipinski definition) is 3. The third-order valence-electron chi connectivity index (χ3n) is 5.34. The van der Waals surface area contributed by atoms with Crippen LogP contribution in [0.1, 0.15) is 30.8 Å². The van der Waals surface area contributed by atoms with Crippen LogP contribution >= 0.6 is 11.6 Å². The van der Waals surface area contributed by atoms with E-state index in [9.17, 15) is 9.59 Å². The molecule has 1 heterocycles. The fraction of sp³-hybridized carbons (Fsp3) is 0.148. The fourth-order valence-electron chi connectivity index (χ4n) is 3.50. The zero-order chi connectivity index (χ0) is 24.6. The molecule has 1 unspecified atom stereocenters. The molecule has 178 valence electrons. The van der Waals surface area contributed by atoms with Gasteiger partial charge in [-0.15, -0.1) is 0 Å². The predicted molar refractivity (Wildman–Crippen MR) is 137 cm³/mol. The third-order valence-corrected chi connectivity index (χ3v) is 5.67. The van der Waals surface area contributed by atoms with Crippen LogP contribution in [-0.4, -0.2) is 16.9 Å². The summed E-state index contributed by atoms with van der Waals surface area (Å²) in [6.45, 7) is 1.91. The molecule has 0 saturated heterocycles. The molecule has 1 aromatic heterocycles. The molecule has 1 atom stereocenters. The summed E-state index contributed by atoms with van der Waals surface area (Å²) in [4.78, 5) is 28.8. The van der Waals surface area contributed by atoms with Crippen LogP contribution in [0.25, 0.3) is 11.3 Å². The first-order valence-corrected chi connectivity index (χ1v) is 11.6. The Labute approximate surface area is 208 Å². The zero-order valence-electron chi connectivity index (χ0n) is 19.1. The van der Waals surface area contributed by atoms with Gasteiger partial charge in [0.05, 0.1) is 17.3 Å². The Bertz CT molecular complexity index is 1290. The van der Waals surface area contributed by atoms with Crippen LogP contribution in [0.15, 0.2) is 89.5 Å². The molecule has 0 bridgehead atoms. The minimum atomic E-state index is -0.325. The molecule has 35 heavy (non-hydrogen) atoms. The number of rotatable bonds is 8. The molecule has 3 amide bonds. The number of benzene rings is 3. The second-order valence-electron chi connectivity index (χ2n) is 7.95. The number of hydrogen-bond acceptors (Lipinski definition) is 4. The number of aryl methyl sites for hydroxylation is 1. The van der Waals surface area contributed by atoms with Gasteiger partial charge in [-0.2, -0.15) is 0 Å². The maximum absolute atomic E-state index is 12.5. The number of urea groups is 1. The van der Waals surface area contributed by atoms with E-state index in [1.54, 1.807) is 24.4 Å². The highest BCUT2D eigenvalue weighted by Crippen LogP contribution is 2.28. The monoisotopic (exact) mass is 488 g/mol. The van der Waals surface area contributed by atoms with E-state index in [2.05, 4.69) is 20.9 Å². The summed E-state index contributed by atoms with van der Waals surface area (Å²) in [7, 11) is 0. The number of carbonyl (C=O) groups is 2. The summed E-state index contributed by atoms with van der Waals surface area (Å²) in [5, 5.41) is 9.12. The van der Waals surface area contributed by atoms with Crippen LogP contribution in [0.4, 0.5) is 16.2 Å². The summed E-state index contributed by atoms with van der Waals surface area (Å²) >= 11 is 6.20. The van der Waals surface area contributed by atoms with Crippen molar-refractivity contribution in [1.82, 2.24) is 10.3 Å². The van der Waals surface area contributed by atoms with Crippen LogP contribution in [0.2, 0.25) is 5.02 Å². The van der Waals surface area contributed by atoms with Crippen molar-refractivity contribution in [2.75, 3.05) is 10.6 Å². The Morgan fingerprint density at radius 3 is 2.29 bits per heavy atom. The zero-order valence-corrected chi connectivity index (χ0v) is 19.9. The Hall–Kier alpha value is -4.10. The standard InChI is InChI=1S/C27H25ClN4O3/c1-18(19-11-13-21(14-12-19)32-27(34)31-20-7-3-2-4-8-20)30-25(33)15-16-26-29-17-24(35-26)22-9-5-6-10-23(22)28/h2-14,17-18H,15-16H2,1H3,(H,30,33)(H2,31,32,34).